The van der Waals surface area contributed by atoms with E-state index in [0.29, 0.717) is 10.6 Å². The lowest BCUT2D eigenvalue weighted by Crippen LogP contribution is -1.87. The quantitative estimate of drug-likeness (QED) is 0.783. The highest BCUT2D eigenvalue weighted by Gasteiger charge is 2.06. The van der Waals surface area contributed by atoms with Crippen molar-refractivity contribution in [2.75, 3.05) is 0 Å². The lowest BCUT2D eigenvalue weighted by atomic mass is 10.2. The molecule has 0 atom stereocenters. The van der Waals surface area contributed by atoms with Crippen molar-refractivity contribution in [3.05, 3.63) is 52.2 Å². The first-order chi connectivity index (χ1) is 8.58. The Hall–Kier alpha value is -1.32. The summed E-state index contributed by atoms with van der Waals surface area (Å²) in [5.74, 6) is 0. The average Bonchev–Trinajstić information content (AvgIpc) is 2.30. The summed E-state index contributed by atoms with van der Waals surface area (Å²) in [7, 11) is 0. The smallest absolute Gasteiger partial charge is 0.150 e. The summed E-state index contributed by atoms with van der Waals surface area (Å²) in [5.41, 5.74) is 2.74. The average molecular weight is 278 g/mol. The van der Waals surface area contributed by atoms with Gasteiger partial charge in [0, 0.05) is 16.2 Å². The molecule has 2 rings (SSSR count). The number of pyridine rings is 1. The van der Waals surface area contributed by atoms with Crippen molar-refractivity contribution in [3.8, 4) is 0 Å². The third-order valence-corrected chi connectivity index (χ3v) is 3.80. The summed E-state index contributed by atoms with van der Waals surface area (Å²) in [5, 5.41) is 1.49. The molecule has 0 amide bonds. The third kappa shape index (κ3) is 3.12. The molecular weight excluding hydrogens is 266 g/mol. The number of halogens is 1. The van der Waals surface area contributed by atoms with Crippen LogP contribution in [0, 0.1) is 13.8 Å². The van der Waals surface area contributed by atoms with Gasteiger partial charge < -0.3 is 0 Å². The lowest BCUT2D eigenvalue weighted by Gasteiger charge is -2.06. The van der Waals surface area contributed by atoms with Crippen molar-refractivity contribution < 1.29 is 4.79 Å². The van der Waals surface area contributed by atoms with Gasteiger partial charge in [0.15, 0.2) is 0 Å². The van der Waals surface area contributed by atoms with Crippen molar-refractivity contribution in [2.45, 2.75) is 23.8 Å². The molecule has 0 bridgehead atoms. The van der Waals surface area contributed by atoms with E-state index >= 15 is 0 Å². The zero-order valence-corrected chi connectivity index (χ0v) is 11.7. The second-order valence-corrected chi connectivity index (χ2v) is 5.50. The SMILES string of the molecule is Cc1cc(C)nc(Sc2ccc(C=O)cc2Cl)c1. The fourth-order valence-electron chi connectivity index (χ4n) is 1.64. The van der Waals surface area contributed by atoms with E-state index in [9.17, 15) is 4.79 Å². The Morgan fingerprint density at radius 1 is 1.22 bits per heavy atom. The molecule has 0 N–H and O–H groups in total. The molecule has 0 aliphatic carbocycles. The number of benzene rings is 1. The predicted molar refractivity (Wildman–Crippen MR) is 74.7 cm³/mol. The molecule has 1 aromatic carbocycles. The highest BCUT2D eigenvalue weighted by Crippen LogP contribution is 2.33. The fourth-order valence-corrected chi connectivity index (χ4v) is 2.90. The first kappa shape index (κ1) is 13.1. The molecule has 92 valence electrons. The third-order valence-electron chi connectivity index (χ3n) is 2.38. The molecule has 0 spiro atoms. The molecule has 2 aromatic rings. The number of aldehydes is 1. The predicted octanol–water partition coefficient (Wildman–Crippen LogP) is 4.32. The van der Waals surface area contributed by atoms with Gasteiger partial charge >= 0.3 is 0 Å². The Morgan fingerprint density at radius 3 is 2.61 bits per heavy atom. The fraction of sp³-hybridized carbons (Fsp3) is 0.143. The van der Waals surface area contributed by atoms with E-state index in [1.165, 1.54) is 17.3 Å². The molecule has 18 heavy (non-hydrogen) atoms. The zero-order valence-electron chi connectivity index (χ0n) is 10.1. The molecule has 1 aromatic heterocycles. The van der Waals surface area contributed by atoms with Crippen LogP contribution in [0.3, 0.4) is 0 Å². The molecule has 0 unspecified atom stereocenters. The Morgan fingerprint density at radius 2 is 2.00 bits per heavy atom. The maximum atomic E-state index is 10.6. The molecule has 0 fully saturated rings. The van der Waals surface area contributed by atoms with Crippen LogP contribution in [0.2, 0.25) is 5.02 Å². The van der Waals surface area contributed by atoms with E-state index in [2.05, 4.69) is 4.98 Å². The van der Waals surface area contributed by atoms with Crippen molar-refractivity contribution in [2.24, 2.45) is 0 Å². The van der Waals surface area contributed by atoms with Gasteiger partial charge in [-0.3, -0.25) is 4.79 Å². The molecular formula is C14H12ClNOS. The molecule has 2 nitrogen and oxygen atoms in total. The maximum Gasteiger partial charge on any atom is 0.150 e. The number of rotatable bonds is 3. The number of carbonyl (C=O) groups excluding carboxylic acids is 1. The summed E-state index contributed by atoms with van der Waals surface area (Å²) < 4.78 is 0. The van der Waals surface area contributed by atoms with Crippen LogP contribution in [0.5, 0.6) is 0 Å². The summed E-state index contributed by atoms with van der Waals surface area (Å²) in [6.07, 6.45) is 0.787. The molecule has 0 saturated carbocycles. The molecule has 1 heterocycles. The van der Waals surface area contributed by atoms with Crippen LogP contribution in [0.25, 0.3) is 0 Å². The van der Waals surface area contributed by atoms with Crippen molar-refractivity contribution in [3.63, 3.8) is 0 Å². The Labute approximate surface area is 115 Å². The molecule has 4 heteroatoms. The van der Waals surface area contributed by atoms with E-state index in [1.54, 1.807) is 12.1 Å². The van der Waals surface area contributed by atoms with Crippen molar-refractivity contribution in [1.82, 2.24) is 4.98 Å². The van der Waals surface area contributed by atoms with Crippen molar-refractivity contribution >= 4 is 29.6 Å². The van der Waals surface area contributed by atoms with Crippen LogP contribution in [-0.4, -0.2) is 11.3 Å². The Balaban J connectivity index is 2.31. The van der Waals surface area contributed by atoms with E-state index in [-0.39, 0.29) is 0 Å². The van der Waals surface area contributed by atoms with E-state index in [1.807, 2.05) is 32.0 Å². The standard InChI is InChI=1S/C14H12ClNOS/c1-9-5-10(2)16-14(6-9)18-13-4-3-11(8-17)7-12(13)15/h3-8H,1-2H3. The molecule has 0 aliphatic rings. The zero-order chi connectivity index (χ0) is 13.1. The van der Waals surface area contributed by atoms with Gasteiger partial charge in [0.1, 0.15) is 11.3 Å². The summed E-state index contributed by atoms with van der Waals surface area (Å²) >= 11 is 7.63. The van der Waals surface area contributed by atoms with Crippen LogP contribution in [0.4, 0.5) is 0 Å². The first-order valence-corrected chi connectivity index (χ1v) is 6.66. The minimum atomic E-state index is 0.575. The number of hydrogen-bond acceptors (Lipinski definition) is 3. The van der Waals surface area contributed by atoms with Gasteiger partial charge in [-0.1, -0.05) is 29.4 Å². The number of hydrogen-bond donors (Lipinski definition) is 0. The van der Waals surface area contributed by atoms with Gasteiger partial charge in [0.2, 0.25) is 0 Å². The highest BCUT2D eigenvalue weighted by molar-refractivity contribution is 7.99. The number of carbonyl (C=O) groups is 1. The van der Waals surface area contributed by atoms with Crippen LogP contribution < -0.4 is 0 Å². The van der Waals surface area contributed by atoms with E-state index in [4.69, 9.17) is 11.6 Å². The number of aromatic nitrogens is 1. The van der Waals surface area contributed by atoms with Gasteiger partial charge in [-0.05, 0) is 43.7 Å². The van der Waals surface area contributed by atoms with Gasteiger partial charge in [-0.25, -0.2) is 4.98 Å². The molecule has 0 aliphatic heterocycles. The highest BCUT2D eigenvalue weighted by atomic mass is 35.5. The Kier molecular flexibility index (Phi) is 4.04. The second-order valence-electron chi connectivity index (χ2n) is 4.03. The largest absolute Gasteiger partial charge is 0.298 e. The minimum absolute atomic E-state index is 0.575. The summed E-state index contributed by atoms with van der Waals surface area (Å²) in [4.78, 5) is 16.0. The summed E-state index contributed by atoms with van der Waals surface area (Å²) in [6, 6.07) is 9.31. The second kappa shape index (κ2) is 5.55. The molecule has 0 saturated heterocycles. The molecule has 0 radical (unpaired) electrons. The van der Waals surface area contributed by atoms with Crippen LogP contribution in [-0.2, 0) is 0 Å². The van der Waals surface area contributed by atoms with Gasteiger partial charge in [0.25, 0.3) is 0 Å². The Bertz CT molecular complexity index is 578. The number of aryl methyl sites for hydroxylation is 2. The maximum absolute atomic E-state index is 10.6. The van der Waals surface area contributed by atoms with Crippen molar-refractivity contribution in [1.29, 1.82) is 0 Å². The van der Waals surface area contributed by atoms with Gasteiger partial charge in [0.05, 0.1) is 5.02 Å². The normalized spacial score (nSPS) is 10.4. The van der Waals surface area contributed by atoms with Crippen LogP contribution >= 0.6 is 23.4 Å². The topological polar surface area (TPSA) is 30.0 Å². The monoisotopic (exact) mass is 277 g/mol. The van der Waals surface area contributed by atoms with Gasteiger partial charge in [-0.15, -0.1) is 0 Å². The number of nitrogens with zero attached hydrogens (tertiary/aromatic N) is 1. The van der Waals surface area contributed by atoms with Gasteiger partial charge in [-0.2, -0.15) is 0 Å². The van der Waals surface area contributed by atoms with E-state index in [0.717, 1.165) is 21.9 Å². The van der Waals surface area contributed by atoms with Crippen LogP contribution in [0.15, 0.2) is 40.3 Å². The van der Waals surface area contributed by atoms with Crippen LogP contribution in [0.1, 0.15) is 21.6 Å². The summed E-state index contributed by atoms with van der Waals surface area (Å²) in [6.45, 7) is 4.00. The van der Waals surface area contributed by atoms with E-state index < -0.39 is 0 Å². The first-order valence-electron chi connectivity index (χ1n) is 5.46. The minimum Gasteiger partial charge on any atom is -0.298 e. The lowest BCUT2D eigenvalue weighted by molar-refractivity contribution is 0.112.